The molecule has 0 saturated heterocycles. The summed E-state index contributed by atoms with van der Waals surface area (Å²) in [5, 5.41) is 0. The summed E-state index contributed by atoms with van der Waals surface area (Å²) in [4.78, 5) is 15.0. The third-order valence-electron chi connectivity index (χ3n) is 5.68. The highest BCUT2D eigenvalue weighted by molar-refractivity contribution is 6.74. The van der Waals surface area contributed by atoms with E-state index in [0.717, 1.165) is 50.2 Å². The zero-order valence-corrected chi connectivity index (χ0v) is 22.3. The van der Waals surface area contributed by atoms with E-state index < -0.39 is 17.1 Å². The molecule has 0 radical (unpaired) electrons. The van der Waals surface area contributed by atoms with Crippen molar-refractivity contribution in [1.82, 2.24) is 4.90 Å². The molecule has 0 aliphatic rings. The third-order valence-corrected chi connectivity index (χ3v) is 13.3. The van der Waals surface area contributed by atoms with Crippen LogP contribution in [0.2, 0.25) is 24.2 Å². The summed E-state index contributed by atoms with van der Waals surface area (Å²) >= 11 is 0. The van der Waals surface area contributed by atoms with Gasteiger partial charge in [0.1, 0.15) is 0 Å². The first-order valence-corrected chi connectivity index (χ1v) is 16.1. The van der Waals surface area contributed by atoms with E-state index >= 15 is 0 Å². The molecule has 0 amide bonds. The molecule has 6 nitrogen and oxygen atoms in total. The molecule has 29 heavy (non-hydrogen) atoms. The van der Waals surface area contributed by atoms with Gasteiger partial charge in [0.05, 0.1) is 5.92 Å². The number of hydrogen-bond donors (Lipinski definition) is 0. The SMILES string of the molecule is CCO[Si](CCCN(CC)CC(C)C(=O)O[Si](CC)(CC)CC)(OCC)OCC. The van der Waals surface area contributed by atoms with Gasteiger partial charge in [0, 0.05) is 32.4 Å². The molecule has 0 aliphatic carbocycles. The monoisotopic (exact) mass is 449 g/mol. The molecular formula is C21H47NO5Si2. The van der Waals surface area contributed by atoms with Crippen molar-refractivity contribution >= 4 is 23.1 Å². The van der Waals surface area contributed by atoms with E-state index in [9.17, 15) is 4.79 Å². The second kappa shape index (κ2) is 15.5. The molecule has 0 fully saturated rings. The third kappa shape index (κ3) is 10.1. The second-order valence-corrected chi connectivity index (χ2v) is 15.0. The Labute approximate surface area is 182 Å². The van der Waals surface area contributed by atoms with Gasteiger partial charge in [0.2, 0.25) is 0 Å². The summed E-state index contributed by atoms with van der Waals surface area (Å²) in [6.07, 6.45) is 0.930. The maximum Gasteiger partial charge on any atom is 0.500 e. The van der Waals surface area contributed by atoms with Crippen molar-refractivity contribution in [3.05, 3.63) is 0 Å². The molecule has 0 saturated carbocycles. The summed E-state index contributed by atoms with van der Waals surface area (Å²) < 4.78 is 23.9. The summed E-state index contributed by atoms with van der Waals surface area (Å²) in [5.74, 6) is -0.138. The molecule has 0 aromatic carbocycles. The number of carbonyl (C=O) groups is 1. The maximum absolute atomic E-state index is 12.7. The molecule has 0 aliphatic heterocycles. The van der Waals surface area contributed by atoms with Gasteiger partial charge in [-0.25, -0.2) is 0 Å². The lowest BCUT2D eigenvalue weighted by molar-refractivity contribution is -0.140. The quantitative estimate of drug-likeness (QED) is 0.277. The van der Waals surface area contributed by atoms with Crippen LogP contribution in [0.25, 0.3) is 0 Å². The van der Waals surface area contributed by atoms with Crippen LogP contribution in [0.1, 0.15) is 61.8 Å². The Bertz CT molecular complexity index is 410. The van der Waals surface area contributed by atoms with Gasteiger partial charge in [-0.1, -0.05) is 34.6 Å². The lowest BCUT2D eigenvalue weighted by atomic mass is 10.1. The van der Waals surface area contributed by atoms with E-state index in [-0.39, 0.29) is 11.9 Å². The van der Waals surface area contributed by atoms with Gasteiger partial charge in [0.25, 0.3) is 14.3 Å². The van der Waals surface area contributed by atoms with Gasteiger partial charge in [0.15, 0.2) is 0 Å². The van der Waals surface area contributed by atoms with Crippen LogP contribution < -0.4 is 0 Å². The Balaban J connectivity index is 4.76. The normalized spacial score (nSPS) is 13.7. The minimum absolute atomic E-state index is 0.0256. The van der Waals surface area contributed by atoms with E-state index in [1.807, 2.05) is 27.7 Å². The van der Waals surface area contributed by atoms with Crippen LogP contribution >= 0.6 is 0 Å². The molecule has 174 valence electrons. The van der Waals surface area contributed by atoms with Crippen LogP contribution in [-0.2, 0) is 22.5 Å². The van der Waals surface area contributed by atoms with E-state index in [2.05, 4.69) is 32.6 Å². The standard InChI is InChI=1S/C21H47NO5Si2/c1-9-22(17-16-18-29(24-10-2,25-11-3)26-12-4)19-20(8)21(23)27-28(13-5,14-6)15-7/h20H,9-19H2,1-8H3. The van der Waals surface area contributed by atoms with Crippen LogP contribution in [-0.4, -0.2) is 67.4 Å². The topological polar surface area (TPSA) is 57.2 Å². The molecule has 0 rings (SSSR count). The fourth-order valence-electron chi connectivity index (χ4n) is 3.64. The highest BCUT2D eigenvalue weighted by Crippen LogP contribution is 2.23. The van der Waals surface area contributed by atoms with Crippen molar-refractivity contribution in [2.75, 3.05) is 39.5 Å². The number of nitrogens with zero attached hydrogens (tertiary/aromatic N) is 1. The van der Waals surface area contributed by atoms with Crippen LogP contribution in [0, 0.1) is 5.92 Å². The Morgan fingerprint density at radius 2 is 1.34 bits per heavy atom. The van der Waals surface area contributed by atoms with Crippen molar-refractivity contribution in [1.29, 1.82) is 0 Å². The first-order valence-electron chi connectivity index (χ1n) is 11.7. The van der Waals surface area contributed by atoms with Gasteiger partial charge < -0.3 is 22.6 Å². The zero-order valence-electron chi connectivity index (χ0n) is 20.3. The summed E-state index contributed by atoms with van der Waals surface area (Å²) in [5.41, 5.74) is 0. The zero-order chi connectivity index (χ0) is 22.3. The number of hydrogen-bond acceptors (Lipinski definition) is 6. The summed E-state index contributed by atoms with van der Waals surface area (Å²) in [6, 6.07) is 3.79. The van der Waals surface area contributed by atoms with E-state index in [1.54, 1.807) is 0 Å². The van der Waals surface area contributed by atoms with Gasteiger partial charge in [-0.05, 0) is 58.4 Å². The molecule has 1 unspecified atom stereocenters. The van der Waals surface area contributed by atoms with E-state index in [0.29, 0.717) is 19.8 Å². The smallest absolute Gasteiger partial charge is 0.500 e. The molecule has 0 heterocycles. The highest BCUT2D eigenvalue weighted by Gasteiger charge is 2.40. The van der Waals surface area contributed by atoms with Crippen molar-refractivity contribution < 1.29 is 22.5 Å². The molecule has 0 bridgehead atoms. The minimum Gasteiger partial charge on any atom is -0.519 e. The Morgan fingerprint density at radius 3 is 1.72 bits per heavy atom. The highest BCUT2D eigenvalue weighted by atomic mass is 28.4. The van der Waals surface area contributed by atoms with Crippen molar-refractivity contribution in [3.63, 3.8) is 0 Å². The largest absolute Gasteiger partial charge is 0.519 e. The Morgan fingerprint density at radius 1 is 0.862 bits per heavy atom. The molecular weight excluding hydrogens is 402 g/mol. The summed E-state index contributed by atoms with van der Waals surface area (Å²) in [7, 11) is -4.49. The van der Waals surface area contributed by atoms with Crippen LogP contribution in [0.5, 0.6) is 0 Å². The average molecular weight is 450 g/mol. The maximum atomic E-state index is 12.7. The van der Waals surface area contributed by atoms with Crippen molar-refractivity contribution in [3.8, 4) is 0 Å². The van der Waals surface area contributed by atoms with Crippen LogP contribution in [0.4, 0.5) is 0 Å². The first-order chi connectivity index (χ1) is 13.8. The predicted molar refractivity (Wildman–Crippen MR) is 125 cm³/mol. The fraction of sp³-hybridized carbons (Fsp3) is 0.952. The molecule has 8 heteroatoms. The Kier molecular flexibility index (Phi) is 15.4. The fourth-order valence-corrected chi connectivity index (χ4v) is 8.80. The molecule has 0 N–H and O–H groups in total. The molecule has 0 aromatic rings. The molecule has 0 aromatic heterocycles. The molecule has 1 atom stereocenters. The number of carbonyl (C=O) groups excluding carboxylic acids is 1. The molecule has 0 spiro atoms. The predicted octanol–water partition coefficient (Wildman–Crippen LogP) is 4.93. The van der Waals surface area contributed by atoms with Crippen molar-refractivity contribution in [2.45, 2.75) is 86.0 Å². The van der Waals surface area contributed by atoms with Crippen LogP contribution in [0.3, 0.4) is 0 Å². The minimum atomic E-state index is -2.60. The average Bonchev–Trinajstić information content (AvgIpc) is 2.71. The Hall–Kier alpha value is -0.256. The van der Waals surface area contributed by atoms with Crippen LogP contribution in [0.15, 0.2) is 0 Å². The first kappa shape index (κ1) is 28.7. The van der Waals surface area contributed by atoms with Crippen molar-refractivity contribution in [2.24, 2.45) is 5.92 Å². The van der Waals surface area contributed by atoms with Gasteiger partial charge >= 0.3 is 8.80 Å². The second-order valence-electron chi connectivity index (χ2n) is 7.54. The van der Waals surface area contributed by atoms with Gasteiger partial charge in [-0.2, -0.15) is 0 Å². The number of rotatable bonds is 18. The van der Waals surface area contributed by atoms with E-state index in [4.69, 9.17) is 17.7 Å². The van der Waals surface area contributed by atoms with Gasteiger partial charge in [-0.3, -0.25) is 4.79 Å². The lowest BCUT2D eigenvalue weighted by Gasteiger charge is -2.31. The van der Waals surface area contributed by atoms with E-state index in [1.165, 1.54) is 0 Å². The van der Waals surface area contributed by atoms with Gasteiger partial charge in [-0.15, -0.1) is 0 Å². The summed E-state index contributed by atoms with van der Waals surface area (Å²) in [6.45, 7) is 20.9. The lowest BCUT2D eigenvalue weighted by Crippen LogP contribution is -2.46.